The van der Waals surface area contributed by atoms with Crippen LogP contribution < -0.4 is 0 Å². The highest BCUT2D eigenvalue weighted by molar-refractivity contribution is 5.92. The molecular weight excluding hydrogens is 552 g/mol. The van der Waals surface area contributed by atoms with Gasteiger partial charge in [0, 0.05) is 55.8 Å². The molecule has 0 aromatic rings. The Kier molecular flexibility index (Phi) is 17.4. The van der Waals surface area contributed by atoms with E-state index in [9.17, 15) is 19.2 Å². The average Bonchev–Trinajstić information content (AvgIpc) is 2.95. The van der Waals surface area contributed by atoms with Crippen LogP contribution in [0.25, 0.3) is 0 Å². The molecule has 1 aliphatic heterocycles. The quantitative estimate of drug-likeness (QED) is 0.120. The molecule has 0 bridgehead atoms. The molecule has 0 aromatic heterocycles. The van der Waals surface area contributed by atoms with Crippen LogP contribution in [0.4, 0.5) is 0 Å². The lowest BCUT2D eigenvalue weighted by molar-refractivity contribution is -0.162. The Labute approximate surface area is 257 Å². The number of hydrogen-bond donors (Lipinski definition) is 0. The summed E-state index contributed by atoms with van der Waals surface area (Å²) in [6.07, 6.45) is 14.8. The number of hydrogen-bond acceptors (Lipinski definition) is 9. The summed E-state index contributed by atoms with van der Waals surface area (Å²) in [6, 6.07) is 0. The van der Waals surface area contributed by atoms with Gasteiger partial charge in [0.15, 0.2) is 5.78 Å². The average molecular weight is 603 g/mol. The van der Waals surface area contributed by atoms with Crippen LogP contribution in [-0.2, 0) is 42.9 Å². The zero-order valence-electron chi connectivity index (χ0n) is 27.1. The third-order valence-electron chi connectivity index (χ3n) is 7.62. The molecule has 0 fully saturated rings. The Balaban J connectivity index is 3.32. The van der Waals surface area contributed by atoms with E-state index < -0.39 is 36.0 Å². The third kappa shape index (κ3) is 13.7. The number of methoxy groups -OCH3 is 1. The number of carbonyl (C=O) groups is 4. The summed E-state index contributed by atoms with van der Waals surface area (Å²) in [6.45, 7) is 14.3. The molecule has 9 nitrogen and oxygen atoms in total. The maximum absolute atomic E-state index is 13.4. The van der Waals surface area contributed by atoms with Crippen molar-refractivity contribution in [3.63, 3.8) is 0 Å². The predicted octanol–water partition coefficient (Wildman–Crippen LogP) is 5.70. The zero-order valence-corrected chi connectivity index (χ0v) is 27.1. The molecule has 1 rings (SSSR count). The topological polar surface area (TPSA) is 114 Å². The Morgan fingerprint density at radius 3 is 2.07 bits per heavy atom. The maximum Gasteiger partial charge on any atom is 0.331 e. The van der Waals surface area contributed by atoms with E-state index in [1.54, 1.807) is 51.2 Å². The van der Waals surface area contributed by atoms with Gasteiger partial charge in [-0.3, -0.25) is 9.59 Å². The molecule has 9 heteroatoms. The summed E-state index contributed by atoms with van der Waals surface area (Å²) in [7, 11) is 1.49. The second-order valence-corrected chi connectivity index (χ2v) is 11.1. The second-order valence-electron chi connectivity index (χ2n) is 11.1. The van der Waals surface area contributed by atoms with Crippen molar-refractivity contribution in [2.24, 2.45) is 29.6 Å². The van der Waals surface area contributed by atoms with Gasteiger partial charge >= 0.3 is 17.9 Å². The number of carbonyl (C=O) groups excluding carboxylic acids is 4. The number of rotatable bonds is 12. The Morgan fingerprint density at radius 1 is 0.930 bits per heavy atom. The van der Waals surface area contributed by atoms with Crippen LogP contribution in [0, 0.1) is 29.6 Å². The van der Waals surface area contributed by atoms with E-state index in [1.807, 2.05) is 39.8 Å². The lowest BCUT2D eigenvalue weighted by Gasteiger charge is -2.35. The molecule has 43 heavy (non-hydrogen) atoms. The fourth-order valence-corrected chi connectivity index (χ4v) is 4.80. The van der Waals surface area contributed by atoms with E-state index in [1.165, 1.54) is 32.3 Å². The largest absolute Gasteiger partial charge is 0.462 e. The SMILES string of the molecule is CC[C@@H](/C=C/C(=O)C(C)C(OCOC)C(C)C1OC(=O)/C=C/C=C/C(C)C(C)OC(=O)/C=C/C=C/C1C)C(C)OC(C)=O. The van der Waals surface area contributed by atoms with Gasteiger partial charge in [0.1, 0.15) is 25.1 Å². The van der Waals surface area contributed by atoms with E-state index >= 15 is 0 Å². The second kappa shape index (κ2) is 19.8. The molecule has 1 aliphatic rings. The Morgan fingerprint density at radius 2 is 1.51 bits per heavy atom. The standard InChI is InChI=1S/C34H50O9/c1-10-29(27(7)41-28(8)35)19-20-30(36)24(4)34(40-21-39-9)25(5)33-23(3)16-12-14-17-31(37)42-26(6)22(2)15-11-13-18-32(38)43-33/h11-20,22-27,29,33-34H,10,21H2,1-9H3/b15-11+,16-12+,17-14+,18-13+,20-19+/t22?,23?,24?,25?,26?,27?,29-,33?,34?/m0/s1. The van der Waals surface area contributed by atoms with Crippen LogP contribution in [-0.4, -0.2) is 62.0 Å². The van der Waals surface area contributed by atoms with Crippen LogP contribution in [0.2, 0.25) is 0 Å². The van der Waals surface area contributed by atoms with Crippen molar-refractivity contribution in [1.82, 2.24) is 0 Å². The first-order valence-corrected chi connectivity index (χ1v) is 14.9. The van der Waals surface area contributed by atoms with Gasteiger partial charge in [0.25, 0.3) is 0 Å². The summed E-state index contributed by atoms with van der Waals surface area (Å²) in [5.41, 5.74) is 0. The van der Waals surface area contributed by atoms with Gasteiger partial charge in [-0.2, -0.15) is 0 Å². The van der Waals surface area contributed by atoms with Crippen LogP contribution >= 0.6 is 0 Å². The number of esters is 3. The van der Waals surface area contributed by atoms with E-state index in [0.717, 1.165) is 0 Å². The summed E-state index contributed by atoms with van der Waals surface area (Å²) < 4.78 is 27.9. The number of allylic oxidation sites excluding steroid dienone is 5. The third-order valence-corrected chi connectivity index (χ3v) is 7.62. The van der Waals surface area contributed by atoms with Crippen molar-refractivity contribution in [2.45, 2.75) is 86.2 Å². The van der Waals surface area contributed by atoms with E-state index in [0.29, 0.717) is 6.42 Å². The fraction of sp³-hybridized carbons (Fsp3) is 0.588. The maximum atomic E-state index is 13.4. The van der Waals surface area contributed by atoms with Crippen LogP contribution in [0.1, 0.15) is 61.8 Å². The molecule has 0 aliphatic carbocycles. The van der Waals surface area contributed by atoms with Crippen molar-refractivity contribution in [3.05, 3.63) is 60.8 Å². The van der Waals surface area contributed by atoms with Gasteiger partial charge in [-0.05, 0) is 26.3 Å². The lowest BCUT2D eigenvalue weighted by atomic mass is 9.82. The van der Waals surface area contributed by atoms with Crippen molar-refractivity contribution >= 4 is 23.7 Å². The van der Waals surface area contributed by atoms with Gasteiger partial charge in [-0.15, -0.1) is 0 Å². The molecule has 0 radical (unpaired) electrons. The first-order valence-electron chi connectivity index (χ1n) is 14.9. The van der Waals surface area contributed by atoms with Crippen molar-refractivity contribution in [1.29, 1.82) is 0 Å². The summed E-state index contributed by atoms with van der Waals surface area (Å²) in [5.74, 6) is -3.12. The van der Waals surface area contributed by atoms with Gasteiger partial charge in [0.2, 0.25) is 0 Å². The molecule has 0 aromatic carbocycles. The minimum atomic E-state index is -0.682. The first-order chi connectivity index (χ1) is 20.3. The van der Waals surface area contributed by atoms with Crippen LogP contribution in [0.15, 0.2) is 60.8 Å². The van der Waals surface area contributed by atoms with E-state index in [4.69, 9.17) is 23.7 Å². The summed E-state index contributed by atoms with van der Waals surface area (Å²) in [5, 5.41) is 0. The fourth-order valence-electron chi connectivity index (χ4n) is 4.80. The van der Waals surface area contributed by atoms with Crippen molar-refractivity contribution < 1.29 is 42.9 Å². The molecule has 0 spiro atoms. The van der Waals surface area contributed by atoms with Crippen molar-refractivity contribution in [2.75, 3.05) is 13.9 Å². The van der Waals surface area contributed by atoms with E-state index in [-0.39, 0.29) is 48.5 Å². The number of cyclic esters (lactones) is 2. The smallest absolute Gasteiger partial charge is 0.331 e. The molecule has 9 atom stereocenters. The molecule has 0 amide bonds. The first kappa shape index (κ1) is 37.7. The number of ketones is 1. The molecule has 0 saturated carbocycles. The van der Waals surface area contributed by atoms with Gasteiger partial charge in [-0.1, -0.05) is 77.2 Å². The molecule has 1 heterocycles. The normalized spacial score (nSPS) is 28.4. The predicted molar refractivity (Wildman–Crippen MR) is 165 cm³/mol. The highest BCUT2D eigenvalue weighted by Gasteiger charge is 2.37. The van der Waals surface area contributed by atoms with Crippen LogP contribution in [0.3, 0.4) is 0 Å². The van der Waals surface area contributed by atoms with Crippen molar-refractivity contribution in [3.8, 4) is 0 Å². The van der Waals surface area contributed by atoms with Crippen LogP contribution in [0.5, 0.6) is 0 Å². The Hall–Kier alpha value is -3.30. The Bertz CT molecular complexity index is 1050. The highest BCUT2D eigenvalue weighted by atomic mass is 16.7. The molecule has 0 saturated heterocycles. The number of ether oxygens (including phenoxy) is 5. The molecule has 8 unspecified atom stereocenters. The van der Waals surface area contributed by atoms with Gasteiger partial charge in [0.05, 0.1) is 6.10 Å². The highest BCUT2D eigenvalue weighted by Crippen LogP contribution is 2.29. The minimum absolute atomic E-state index is 0.0611. The van der Waals surface area contributed by atoms with Gasteiger partial charge < -0.3 is 23.7 Å². The van der Waals surface area contributed by atoms with Gasteiger partial charge in [-0.25, -0.2) is 9.59 Å². The van der Waals surface area contributed by atoms with E-state index in [2.05, 4.69) is 0 Å². The summed E-state index contributed by atoms with van der Waals surface area (Å²) >= 11 is 0. The minimum Gasteiger partial charge on any atom is -0.462 e. The molecular formula is C34H50O9. The summed E-state index contributed by atoms with van der Waals surface area (Å²) in [4.78, 5) is 49.9. The lowest BCUT2D eigenvalue weighted by Crippen LogP contribution is -2.43. The zero-order chi connectivity index (χ0) is 32.5. The molecule has 0 N–H and O–H groups in total. The molecule has 240 valence electrons. The monoisotopic (exact) mass is 602 g/mol.